The summed E-state index contributed by atoms with van der Waals surface area (Å²) in [6.45, 7) is 12.8. The van der Waals surface area contributed by atoms with Gasteiger partial charge in [0.1, 0.15) is 18.4 Å². The highest BCUT2D eigenvalue weighted by atomic mass is 16.5. The molecule has 1 amide bonds. The first-order valence-corrected chi connectivity index (χ1v) is 15.0. The molecule has 0 saturated heterocycles. The van der Waals surface area contributed by atoms with Gasteiger partial charge in [0.05, 0.1) is 38.1 Å². The van der Waals surface area contributed by atoms with Crippen LogP contribution in [0.15, 0.2) is 66.5 Å². The van der Waals surface area contributed by atoms with Gasteiger partial charge < -0.3 is 24.5 Å². The van der Waals surface area contributed by atoms with E-state index in [9.17, 15) is 9.59 Å². The molecule has 1 N–H and O–H groups in total. The van der Waals surface area contributed by atoms with Crippen molar-refractivity contribution in [3.63, 3.8) is 0 Å². The maximum Gasteiger partial charge on any atom is 0.291 e. The Morgan fingerprint density at radius 1 is 1.09 bits per heavy atom. The molecule has 2 aromatic heterocycles. The molecule has 0 bridgehead atoms. The Bertz CT molecular complexity index is 1260. The number of anilines is 1. The molecule has 0 spiro atoms. The first-order chi connectivity index (χ1) is 21.3. The average molecular weight is 610 g/mol. The molecular weight excluding hydrogens is 558 g/mol. The molecule has 1 aromatic carbocycles. The molecule has 0 aliphatic heterocycles. The van der Waals surface area contributed by atoms with Gasteiger partial charge in [0.25, 0.3) is 5.91 Å². The molecule has 11 nitrogen and oxygen atoms in total. The number of carbonyl (C=O) groups excluding carboxylic acids is 2. The highest BCUT2D eigenvalue weighted by Crippen LogP contribution is 2.15. The summed E-state index contributed by atoms with van der Waals surface area (Å²) in [7, 11) is 5.50. The normalized spacial score (nSPS) is 11.1. The Hall–Kier alpha value is -4.09. The van der Waals surface area contributed by atoms with Crippen molar-refractivity contribution >= 4 is 18.0 Å². The van der Waals surface area contributed by atoms with Gasteiger partial charge in [-0.15, -0.1) is 5.10 Å². The van der Waals surface area contributed by atoms with E-state index in [1.807, 2.05) is 93.0 Å². The summed E-state index contributed by atoms with van der Waals surface area (Å²) in [6.07, 6.45) is 9.42. The number of aryl methyl sites for hydroxylation is 1. The second-order valence-electron chi connectivity index (χ2n) is 9.99. The lowest BCUT2D eigenvalue weighted by Gasteiger charge is -2.16. The summed E-state index contributed by atoms with van der Waals surface area (Å²) in [5.41, 5.74) is 3.29. The van der Waals surface area contributed by atoms with Crippen LogP contribution in [-0.4, -0.2) is 83.8 Å². The monoisotopic (exact) mass is 609 g/mol. The number of methoxy groups -OCH3 is 1. The van der Waals surface area contributed by atoms with Gasteiger partial charge >= 0.3 is 0 Å². The van der Waals surface area contributed by atoms with Crippen molar-refractivity contribution in [2.45, 2.75) is 66.6 Å². The maximum absolute atomic E-state index is 12.6. The Labute approximate surface area is 263 Å². The number of ether oxygens (including phenoxy) is 2. The lowest BCUT2D eigenvalue weighted by atomic mass is 10.2. The zero-order chi connectivity index (χ0) is 32.7. The lowest BCUT2D eigenvalue weighted by Crippen LogP contribution is -2.37. The summed E-state index contributed by atoms with van der Waals surface area (Å²) in [6, 6.07) is 11.1. The maximum atomic E-state index is 12.6. The second-order valence-corrected chi connectivity index (χ2v) is 9.99. The number of aromatic nitrogens is 5. The van der Waals surface area contributed by atoms with E-state index < -0.39 is 11.9 Å². The Kier molecular flexibility index (Phi) is 19.4. The van der Waals surface area contributed by atoms with Gasteiger partial charge in [-0.2, -0.15) is 5.10 Å². The lowest BCUT2D eigenvalue weighted by molar-refractivity contribution is -0.109. The third kappa shape index (κ3) is 14.9. The Morgan fingerprint density at radius 3 is 2.41 bits per heavy atom. The molecule has 0 aliphatic carbocycles. The van der Waals surface area contributed by atoms with Crippen molar-refractivity contribution in [2.24, 2.45) is 0 Å². The molecule has 3 rings (SSSR count). The van der Waals surface area contributed by atoms with E-state index in [1.54, 1.807) is 11.8 Å². The molecular formula is C33H51N7O4. The number of hydrogen-bond donors (Lipinski definition) is 1. The van der Waals surface area contributed by atoms with E-state index in [4.69, 9.17) is 9.47 Å². The first kappa shape index (κ1) is 37.9. The van der Waals surface area contributed by atoms with Gasteiger partial charge in [-0.25, -0.2) is 14.3 Å². The smallest absolute Gasteiger partial charge is 0.291 e. The molecule has 242 valence electrons. The minimum absolute atomic E-state index is 0.0246. The van der Waals surface area contributed by atoms with Crippen molar-refractivity contribution in [2.75, 3.05) is 45.9 Å². The predicted octanol–water partition coefficient (Wildman–Crippen LogP) is 4.74. The first-order valence-electron chi connectivity index (χ1n) is 15.0. The molecule has 1 unspecified atom stereocenters. The predicted molar refractivity (Wildman–Crippen MR) is 176 cm³/mol. The number of carbonyl (C=O) groups is 2. The number of rotatable bonds is 16. The van der Waals surface area contributed by atoms with E-state index >= 15 is 0 Å². The molecule has 44 heavy (non-hydrogen) atoms. The van der Waals surface area contributed by atoms with E-state index in [0.29, 0.717) is 45.8 Å². The van der Waals surface area contributed by atoms with Crippen LogP contribution in [0.25, 0.3) is 0 Å². The molecule has 0 aliphatic rings. The molecule has 0 radical (unpaired) electrons. The topological polar surface area (TPSA) is 116 Å². The summed E-state index contributed by atoms with van der Waals surface area (Å²) < 4.78 is 13.9. The van der Waals surface area contributed by atoms with Gasteiger partial charge in [-0.3, -0.25) is 4.79 Å². The third-order valence-electron chi connectivity index (χ3n) is 5.88. The SMILES string of the molecule is C/C=C\C=C(C)C.CC.COCCOCCc1cc(N(C)C)n(CCC(C=O)NC(=O)c2ncn(Cc3ccccc3)n2)n1. The fraction of sp³-hybridized carbons (Fsp3) is 0.485. The van der Waals surface area contributed by atoms with Crippen LogP contribution in [0.4, 0.5) is 5.82 Å². The van der Waals surface area contributed by atoms with Gasteiger partial charge in [0.15, 0.2) is 0 Å². The minimum atomic E-state index is -0.691. The summed E-state index contributed by atoms with van der Waals surface area (Å²) in [5, 5.41) is 11.6. The Balaban J connectivity index is 0.000000945. The van der Waals surface area contributed by atoms with Crippen LogP contribution in [0.1, 0.15) is 62.9 Å². The second kappa shape index (κ2) is 22.4. The van der Waals surface area contributed by atoms with Gasteiger partial charge in [0, 0.05) is 40.2 Å². The van der Waals surface area contributed by atoms with Gasteiger partial charge in [-0.1, -0.05) is 68.0 Å². The van der Waals surface area contributed by atoms with Gasteiger partial charge in [-0.05, 0) is 32.8 Å². The summed E-state index contributed by atoms with van der Waals surface area (Å²) >= 11 is 0. The number of hydrogen-bond acceptors (Lipinski definition) is 8. The standard InChI is InChI=1S/C24H33N7O4.C7H12.C2H6/c1-29(2)22-15-20(10-12-35-14-13-34-3)27-31(22)11-9-21(17-32)26-24(33)23-25-18-30(28-23)16-19-7-5-4-6-8-19;1-4-5-6-7(2)3;1-2/h4-8,15,17-18,21H,9-14,16H2,1-3H3,(H,26,33);4-6H,1-3H3;1-2H3/b;5-4-;. The minimum Gasteiger partial charge on any atom is -0.382 e. The van der Waals surface area contributed by atoms with Crippen LogP contribution in [0.5, 0.6) is 0 Å². The van der Waals surface area contributed by atoms with E-state index in [1.165, 1.54) is 11.9 Å². The quantitative estimate of drug-likeness (QED) is 0.141. The molecule has 0 fully saturated rings. The number of nitrogens with one attached hydrogen (secondary N) is 1. The average Bonchev–Trinajstić information content (AvgIpc) is 3.67. The van der Waals surface area contributed by atoms with Crippen LogP contribution in [-0.2, 0) is 33.8 Å². The zero-order valence-corrected chi connectivity index (χ0v) is 27.7. The molecule has 0 saturated carbocycles. The molecule has 1 atom stereocenters. The highest BCUT2D eigenvalue weighted by Gasteiger charge is 2.18. The summed E-state index contributed by atoms with van der Waals surface area (Å²) in [5.74, 6) is 0.446. The molecule has 11 heteroatoms. The third-order valence-corrected chi connectivity index (χ3v) is 5.88. The van der Waals surface area contributed by atoms with Crippen molar-refractivity contribution in [1.82, 2.24) is 29.9 Å². The number of aldehydes is 1. The number of benzene rings is 1. The number of nitrogens with zero attached hydrogens (tertiary/aromatic N) is 6. The fourth-order valence-electron chi connectivity index (χ4n) is 3.73. The molecule has 3 aromatic rings. The van der Waals surface area contributed by atoms with Crippen LogP contribution >= 0.6 is 0 Å². The Morgan fingerprint density at radius 2 is 1.82 bits per heavy atom. The largest absolute Gasteiger partial charge is 0.382 e. The van der Waals surface area contributed by atoms with Crippen LogP contribution in [0.3, 0.4) is 0 Å². The van der Waals surface area contributed by atoms with Crippen molar-refractivity contribution in [3.05, 3.63) is 83.6 Å². The van der Waals surface area contributed by atoms with E-state index in [0.717, 1.165) is 23.4 Å². The fourth-order valence-corrected chi connectivity index (χ4v) is 3.73. The van der Waals surface area contributed by atoms with Crippen LogP contribution in [0, 0.1) is 0 Å². The summed E-state index contributed by atoms with van der Waals surface area (Å²) in [4.78, 5) is 30.3. The van der Waals surface area contributed by atoms with E-state index in [-0.39, 0.29) is 5.82 Å². The van der Waals surface area contributed by atoms with Crippen molar-refractivity contribution < 1.29 is 19.1 Å². The van der Waals surface area contributed by atoms with E-state index in [2.05, 4.69) is 40.4 Å². The van der Waals surface area contributed by atoms with Gasteiger partial charge in [0.2, 0.25) is 5.82 Å². The van der Waals surface area contributed by atoms with Crippen molar-refractivity contribution in [3.8, 4) is 0 Å². The zero-order valence-electron chi connectivity index (χ0n) is 27.7. The molecule has 2 heterocycles. The number of amides is 1. The van der Waals surface area contributed by atoms with Crippen LogP contribution < -0.4 is 10.2 Å². The highest BCUT2D eigenvalue weighted by molar-refractivity contribution is 5.92. The van der Waals surface area contributed by atoms with Crippen LogP contribution in [0.2, 0.25) is 0 Å². The number of allylic oxidation sites excluding steroid dienone is 4. The van der Waals surface area contributed by atoms with Crippen molar-refractivity contribution in [1.29, 1.82) is 0 Å².